The number of nitrogens with one attached hydrogen (secondary N) is 1. The van der Waals surface area contributed by atoms with Gasteiger partial charge in [-0.15, -0.1) is 0 Å². The van der Waals surface area contributed by atoms with Crippen LogP contribution in [0.5, 0.6) is 0 Å². The Labute approximate surface area is 151 Å². The fourth-order valence-electron chi connectivity index (χ4n) is 2.25. The van der Waals surface area contributed by atoms with E-state index in [0.29, 0.717) is 5.56 Å². The topological polar surface area (TPSA) is 95.7 Å². The van der Waals surface area contributed by atoms with Gasteiger partial charge in [-0.3, -0.25) is 14.9 Å². The number of carbonyl (C=O) groups excluding carboxylic acids is 1. The number of amides is 1. The number of hydrogen-bond donors (Lipinski definition) is 2. The maximum atomic E-state index is 11.8. The third kappa shape index (κ3) is 5.42. The van der Waals surface area contributed by atoms with E-state index >= 15 is 0 Å². The first-order chi connectivity index (χ1) is 12.4. The first kappa shape index (κ1) is 19.1. The van der Waals surface area contributed by atoms with Crippen molar-refractivity contribution in [2.45, 2.75) is 6.10 Å². The number of rotatable bonds is 7. The number of benzene rings is 2. The van der Waals surface area contributed by atoms with Gasteiger partial charge >= 0.3 is 0 Å². The van der Waals surface area contributed by atoms with Crippen molar-refractivity contribution < 1.29 is 14.8 Å². The van der Waals surface area contributed by atoms with Crippen LogP contribution in [0.15, 0.2) is 54.6 Å². The van der Waals surface area contributed by atoms with Crippen LogP contribution in [0.2, 0.25) is 0 Å². The summed E-state index contributed by atoms with van der Waals surface area (Å²) < 4.78 is 0. The predicted molar refractivity (Wildman–Crippen MR) is 101 cm³/mol. The fraction of sp³-hybridized carbons (Fsp3) is 0.211. The van der Waals surface area contributed by atoms with Gasteiger partial charge in [-0.2, -0.15) is 0 Å². The predicted octanol–water partition coefficient (Wildman–Crippen LogP) is 2.52. The average molecular weight is 355 g/mol. The highest BCUT2D eigenvalue weighted by Gasteiger charge is 2.09. The van der Waals surface area contributed by atoms with Crippen LogP contribution in [0.4, 0.5) is 11.4 Å². The highest BCUT2D eigenvalue weighted by Crippen LogP contribution is 2.17. The van der Waals surface area contributed by atoms with Crippen molar-refractivity contribution >= 4 is 23.4 Å². The minimum absolute atomic E-state index is 0.00462. The second-order valence-corrected chi connectivity index (χ2v) is 5.93. The van der Waals surface area contributed by atoms with Crippen LogP contribution in [0.3, 0.4) is 0 Å². The quantitative estimate of drug-likeness (QED) is 0.452. The van der Waals surface area contributed by atoms with Gasteiger partial charge in [-0.05, 0) is 41.5 Å². The number of nitro benzene ring substituents is 1. The van der Waals surface area contributed by atoms with E-state index in [2.05, 4.69) is 5.32 Å². The first-order valence-electron chi connectivity index (χ1n) is 8.02. The second kappa shape index (κ2) is 8.77. The van der Waals surface area contributed by atoms with Gasteiger partial charge in [-0.1, -0.05) is 12.1 Å². The van der Waals surface area contributed by atoms with Crippen molar-refractivity contribution in [3.8, 4) is 0 Å². The third-order valence-corrected chi connectivity index (χ3v) is 3.79. The van der Waals surface area contributed by atoms with Gasteiger partial charge in [0.1, 0.15) is 0 Å². The normalized spacial score (nSPS) is 12.0. The Balaban J connectivity index is 1.86. The van der Waals surface area contributed by atoms with Gasteiger partial charge in [0.25, 0.3) is 5.69 Å². The van der Waals surface area contributed by atoms with Crippen LogP contribution in [-0.4, -0.2) is 36.6 Å². The first-order valence-corrected chi connectivity index (χ1v) is 8.02. The van der Waals surface area contributed by atoms with E-state index in [9.17, 15) is 20.0 Å². The zero-order chi connectivity index (χ0) is 19.1. The zero-order valence-corrected chi connectivity index (χ0v) is 14.6. The fourth-order valence-corrected chi connectivity index (χ4v) is 2.25. The Kier molecular flexibility index (Phi) is 6.46. The molecule has 0 aliphatic rings. The van der Waals surface area contributed by atoms with Crippen LogP contribution in [-0.2, 0) is 4.79 Å². The number of anilines is 1. The van der Waals surface area contributed by atoms with Gasteiger partial charge in [0, 0.05) is 44.5 Å². The molecule has 2 aromatic carbocycles. The van der Waals surface area contributed by atoms with Crippen LogP contribution >= 0.6 is 0 Å². The minimum atomic E-state index is -0.803. The molecule has 1 amide bonds. The SMILES string of the molecule is CN(C)c1ccc(C(O)CNC(=O)/C=C/c2ccc([N+](=O)[O-])cc2)cc1. The molecule has 0 aliphatic heterocycles. The lowest BCUT2D eigenvalue weighted by molar-refractivity contribution is -0.384. The lowest BCUT2D eigenvalue weighted by Gasteiger charge is -2.15. The molecule has 0 saturated carbocycles. The Morgan fingerprint density at radius 2 is 1.81 bits per heavy atom. The third-order valence-electron chi connectivity index (χ3n) is 3.79. The zero-order valence-electron chi connectivity index (χ0n) is 14.6. The molecule has 26 heavy (non-hydrogen) atoms. The van der Waals surface area contributed by atoms with E-state index in [1.165, 1.54) is 18.2 Å². The largest absolute Gasteiger partial charge is 0.387 e. The van der Waals surface area contributed by atoms with Crippen molar-refractivity contribution in [3.05, 3.63) is 75.8 Å². The van der Waals surface area contributed by atoms with Gasteiger partial charge in [0.2, 0.25) is 5.91 Å². The molecule has 7 nitrogen and oxygen atoms in total. The van der Waals surface area contributed by atoms with E-state index in [1.54, 1.807) is 18.2 Å². The molecule has 136 valence electrons. The summed E-state index contributed by atoms with van der Waals surface area (Å²) in [6.45, 7) is 0.0880. The molecule has 1 atom stereocenters. The van der Waals surface area contributed by atoms with Crippen LogP contribution < -0.4 is 10.2 Å². The van der Waals surface area contributed by atoms with Crippen molar-refractivity contribution in [2.75, 3.05) is 25.5 Å². The maximum absolute atomic E-state index is 11.8. The Hall–Kier alpha value is -3.19. The highest BCUT2D eigenvalue weighted by molar-refractivity contribution is 5.91. The Bertz CT molecular complexity index is 783. The molecular weight excluding hydrogens is 334 g/mol. The number of aliphatic hydroxyl groups is 1. The van der Waals surface area contributed by atoms with Crippen LogP contribution in [0.1, 0.15) is 17.2 Å². The van der Waals surface area contributed by atoms with Gasteiger partial charge in [0.05, 0.1) is 11.0 Å². The van der Waals surface area contributed by atoms with E-state index < -0.39 is 11.0 Å². The summed E-state index contributed by atoms with van der Waals surface area (Å²) in [5.41, 5.74) is 2.41. The van der Waals surface area contributed by atoms with Crippen molar-refractivity contribution in [1.82, 2.24) is 5.32 Å². The molecule has 7 heteroatoms. The molecule has 2 N–H and O–H groups in total. The van der Waals surface area contributed by atoms with Crippen LogP contribution in [0.25, 0.3) is 6.08 Å². The summed E-state index contributed by atoms with van der Waals surface area (Å²) in [4.78, 5) is 23.9. The average Bonchev–Trinajstić information content (AvgIpc) is 2.64. The molecule has 0 radical (unpaired) electrons. The van der Waals surface area contributed by atoms with Gasteiger partial charge < -0.3 is 15.3 Å². The van der Waals surface area contributed by atoms with E-state index in [1.807, 2.05) is 43.3 Å². The highest BCUT2D eigenvalue weighted by atomic mass is 16.6. The summed E-state index contributed by atoms with van der Waals surface area (Å²) >= 11 is 0. The number of nitro groups is 1. The summed E-state index contributed by atoms with van der Waals surface area (Å²) in [6, 6.07) is 13.3. The smallest absolute Gasteiger partial charge is 0.269 e. The molecule has 0 spiro atoms. The summed E-state index contributed by atoms with van der Waals surface area (Å²) in [7, 11) is 3.87. The molecule has 0 heterocycles. The lowest BCUT2D eigenvalue weighted by Crippen LogP contribution is -2.26. The molecular formula is C19H21N3O4. The Morgan fingerprint density at radius 1 is 1.19 bits per heavy atom. The van der Waals surface area contributed by atoms with Crippen molar-refractivity contribution in [3.63, 3.8) is 0 Å². The van der Waals surface area contributed by atoms with E-state index in [4.69, 9.17) is 0 Å². The van der Waals surface area contributed by atoms with Gasteiger partial charge in [-0.25, -0.2) is 0 Å². The molecule has 0 saturated heterocycles. The molecule has 0 aliphatic carbocycles. The molecule has 0 fully saturated rings. The number of non-ortho nitro benzene ring substituents is 1. The number of aliphatic hydroxyl groups excluding tert-OH is 1. The minimum Gasteiger partial charge on any atom is -0.387 e. The summed E-state index contributed by atoms with van der Waals surface area (Å²) in [6.07, 6.45) is 2.07. The number of carbonyl (C=O) groups is 1. The standard InChI is InChI=1S/C19H21N3O4/c1-21(2)16-10-6-15(7-11-16)18(23)13-20-19(24)12-5-14-3-8-17(9-4-14)22(25)26/h3-12,18,23H,13H2,1-2H3,(H,20,24)/b12-5+. The molecule has 1 unspecified atom stereocenters. The maximum Gasteiger partial charge on any atom is 0.269 e. The van der Waals surface area contributed by atoms with Crippen LogP contribution in [0, 0.1) is 10.1 Å². The summed E-state index contributed by atoms with van der Waals surface area (Å²) in [5, 5.41) is 23.4. The molecule has 2 aromatic rings. The lowest BCUT2D eigenvalue weighted by atomic mass is 10.1. The number of nitrogens with zero attached hydrogens (tertiary/aromatic N) is 2. The molecule has 0 aromatic heterocycles. The summed E-state index contributed by atoms with van der Waals surface area (Å²) in [5.74, 6) is -0.354. The van der Waals surface area contributed by atoms with Crippen molar-refractivity contribution in [2.24, 2.45) is 0 Å². The molecule has 0 bridgehead atoms. The second-order valence-electron chi connectivity index (χ2n) is 5.93. The van der Waals surface area contributed by atoms with E-state index in [0.717, 1.165) is 11.3 Å². The van der Waals surface area contributed by atoms with Crippen molar-refractivity contribution in [1.29, 1.82) is 0 Å². The van der Waals surface area contributed by atoms with E-state index in [-0.39, 0.29) is 18.1 Å². The Morgan fingerprint density at radius 3 is 2.35 bits per heavy atom. The number of hydrogen-bond acceptors (Lipinski definition) is 5. The van der Waals surface area contributed by atoms with Gasteiger partial charge in [0.15, 0.2) is 0 Å². The monoisotopic (exact) mass is 355 g/mol. The molecule has 2 rings (SSSR count).